The second kappa shape index (κ2) is 45.0. The quantitative estimate of drug-likeness (QED) is 0.0267. The van der Waals surface area contributed by atoms with Gasteiger partial charge in [-0.25, -0.2) is 0 Å². The van der Waals surface area contributed by atoms with E-state index in [0.29, 0.717) is 12.8 Å². The van der Waals surface area contributed by atoms with Crippen LogP contribution in [0, 0.1) is 0 Å². The minimum Gasteiger partial charge on any atom is -0.462 e. The topological polar surface area (TPSA) is 78.9 Å². The number of unbranched alkanes of at least 4 members (excludes halogenated alkanes) is 12. The Morgan fingerprint density at radius 3 is 1.23 bits per heavy atom. The molecule has 1 unspecified atom stereocenters. The van der Waals surface area contributed by atoms with Crippen LogP contribution in [-0.2, 0) is 28.6 Å². The summed E-state index contributed by atoms with van der Waals surface area (Å²) < 4.78 is 16.6. The molecule has 0 saturated heterocycles. The molecular formula is C51H82O6. The van der Waals surface area contributed by atoms with Gasteiger partial charge in [-0.1, -0.05) is 163 Å². The molecule has 0 aliphatic carbocycles. The first-order chi connectivity index (χ1) is 28.0. The molecule has 6 nitrogen and oxygen atoms in total. The Labute approximate surface area is 349 Å². The third-order valence-corrected chi connectivity index (χ3v) is 9.07. The molecule has 0 heterocycles. The van der Waals surface area contributed by atoms with Crippen molar-refractivity contribution in [2.24, 2.45) is 0 Å². The van der Waals surface area contributed by atoms with Crippen LogP contribution in [0.15, 0.2) is 97.2 Å². The van der Waals surface area contributed by atoms with Gasteiger partial charge in [-0.3, -0.25) is 14.4 Å². The van der Waals surface area contributed by atoms with Gasteiger partial charge in [-0.05, 0) is 103 Å². The van der Waals surface area contributed by atoms with Crippen molar-refractivity contribution in [2.45, 2.75) is 194 Å². The van der Waals surface area contributed by atoms with Crippen LogP contribution in [0.2, 0.25) is 0 Å². The maximum absolute atomic E-state index is 12.7. The molecule has 0 spiro atoms. The van der Waals surface area contributed by atoms with Gasteiger partial charge in [0.25, 0.3) is 0 Å². The van der Waals surface area contributed by atoms with E-state index < -0.39 is 6.10 Å². The smallest absolute Gasteiger partial charge is 0.306 e. The van der Waals surface area contributed by atoms with Crippen LogP contribution in [0.25, 0.3) is 0 Å². The first-order valence-corrected chi connectivity index (χ1v) is 22.7. The number of esters is 3. The highest BCUT2D eigenvalue weighted by Gasteiger charge is 2.19. The van der Waals surface area contributed by atoms with E-state index in [4.69, 9.17) is 14.2 Å². The van der Waals surface area contributed by atoms with Crippen LogP contribution in [0.5, 0.6) is 0 Å². The highest BCUT2D eigenvalue weighted by Crippen LogP contribution is 2.11. The Kier molecular flexibility index (Phi) is 42.1. The van der Waals surface area contributed by atoms with Crippen molar-refractivity contribution in [3.63, 3.8) is 0 Å². The van der Waals surface area contributed by atoms with E-state index >= 15 is 0 Å². The van der Waals surface area contributed by atoms with E-state index in [1.54, 1.807) is 0 Å². The predicted molar refractivity (Wildman–Crippen MR) is 242 cm³/mol. The number of carbonyl (C=O) groups is 3. The van der Waals surface area contributed by atoms with Gasteiger partial charge in [0, 0.05) is 19.3 Å². The summed E-state index contributed by atoms with van der Waals surface area (Å²) in [7, 11) is 0. The van der Waals surface area contributed by atoms with E-state index in [-0.39, 0.29) is 44.0 Å². The molecule has 0 aromatic heterocycles. The highest BCUT2D eigenvalue weighted by molar-refractivity contribution is 5.71. The molecule has 6 heteroatoms. The average molecular weight is 791 g/mol. The fourth-order valence-electron chi connectivity index (χ4n) is 5.70. The summed E-state index contributed by atoms with van der Waals surface area (Å²) in [4.78, 5) is 37.6. The normalized spacial score (nSPS) is 13.0. The molecule has 0 rings (SSSR count). The number of hydrogen-bond donors (Lipinski definition) is 0. The first kappa shape index (κ1) is 53.3. The fraction of sp³-hybridized carbons (Fsp3) is 0.627. The monoisotopic (exact) mass is 791 g/mol. The second-order valence-corrected chi connectivity index (χ2v) is 14.5. The molecule has 0 aliphatic heterocycles. The summed E-state index contributed by atoms with van der Waals surface area (Å²) in [6, 6.07) is 0. The van der Waals surface area contributed by atoms with Gasteiger partial charge in [0.05, 0.1) is 0 Å². The Bertz CT molecular complexity index is 1180. The highest BCUT2D eigenvalue weighted by atomic mass is 16.6. The van der Waals surface area contributed by atoms with Crippen molar-refractivity contribution in [3.8, 4) is 0 Å². The summed E-state index contributed by atoms with van der Waals surface area (Å²) in [5.74, 6) is -1.07. The molecule has 0 aliphatic rings. The molecule has 0 fully saturated rings. The lowest BCUT2D eigenvalue weighted by atomic mass is 10.1. The molecule has 1 atom stereocenters. The molecule has 0 saturated carbocycles. The van der Waals surface area contributed by atoms with Gasteiger partial charge in [-0.15, -0.1) is 0 Å². The van der Waals surface area contributed by atoms with Crippen molar-refractivity contribution in [1.29, 1.82) is 0 Å². The van der Waals surface area contributed by atoms with E-state index in [1.807, 2.05) is 12.2 Å². The summed E-state index contributed by atoms with van der Waals surface area (Å²) in [5, 5.41) is 0. The van der Waals surface area contributed by atoms with Crippen molar-refractivity contribution in [3.05, 3.63) is 97.2 Å². The van der Waals surface area contributed by atoms with E-state index in [2.05, 4.69) is 106 Å². The summed E-state index contributed by atoms with van der Waals surface area (Å²) >= 11 is 0. The van der Waals surface area contributed by atoms with Crippen LogP contribution in [0.4, 0.5) is 0 Å². The van der Waals surface area contributed by atoms with E-state index in [0.717, 1.165) is 96.3 Å². The fourth-order valence-corrected chi connectivity index (χ4v) is 5.70. The molecule has 0 aromatic carbocycles. The lowest BCUT2D eigenvalue weighted by molar-refractivity contribution is -0.166. The summed E-state index contributed by atoms with van der Waals surface area (Å²) in [6.45, 7) is 6.25. The summed E-state index contributed by atoms with van der Waals surface area (Å²) in [6.07, 6.45) is 58.4. The zero-order valence-corrected chi connectivity index (χ0v) is 36.6. The van der Waals surface area contributed by atoms with Gasteiger partial charge >= 0.3 is 17.9 Å². The van der Waals surface area contributed by atoms with Crippen LogP contribution in [-0.4, -0.2) is 37.2 Å². The third kappa shape index (κ3) is 43.3. The lowest BCUT2D eigenvalue weighted by Crippen LogP contribution is -2.30. The Hall–Kier alpha value is -3.67. The number of hydrogen-bond acceptors (Lipinski definition) is 6. The molecule has 0 N–H and O–H groups in total. The zero-order valence-electron chi connectivity index (χ0n) is 36.6. The number of carbonyl (C=O) groups excluding carboxylic acids is 3. The lowest BCUT2D eigenvalue weighted by Gasteiger charge is -2.18. The van der Waals surface area contributed by atoms with Crippen molar-refractivity contribution in [1.82, 2.24) is 0 Å². The van der Waals surface area contributed by atoms with Crippen molar-refractivity contribution < 1.29 is 28.6 Å². The van der Waals surface area contributed by atoms with Gasteiger partial charge in [0.15, 0.2) is 6.10 Å². The zero-order chi connectivity index (χ0) is 41.5. The largest absolute Gasteiger partial charge is 0.462 e. The molecule has 0 radical (unpaired) electrons. The maximum Gasteiger partial charge on any atom is 0.306 e. The maximum atomic E-state index is 12.7. The molecule has 0 aromatic rings. The van der Waals surface area contributed by atoms with Crippen LogP contribution in [0.3, 0.4) is 0 Å². The van der Waals surface area contributed by atoms with Gasteiger partial charge < -0.3 is 14.2 Å². The molecule has 322 valence electrons. The van der Waals surface area contributed by atoms with Crippen molar-refractivity contribution in [2.75, 3.05) is 13.2 Å². The molecular weight excluding hydrogens is 709 g/mol. The second-order valence-electron chi connectivity index (χ2n) is 14.5. The Morgan fingerprint density at radius 2 is 0.719 bits per heavy atom. The Balaban J connectivity index is 4.54. The standard InChI is InChI=1S/C51H82O6/c1-4-7-10-13-16-19-21-23-25-26-28-29-32-35-38-41-44-50(53)56-47-48(46-55-49(52)43-40-37-34-31-18-15-12-9-6-3)57-51(54)45-42-39-36-33-30-27-24-22-20-17-14-11-8-5-2/h7,9-10,12,16,18-19,23,25,27-31,35,38,48H,4-6,8,11,13-15,17,20-22,24,26,32-34,36-37,39-47H2,1-3H3/b10-7-,12-9-,19-16-,25-23-,29-28-,30-27-,31-18-,38-35-. The van der Waals surface area contributed by atoms with Crippen LogP contribution in [0.1, 0.15) is 188 Å². The summed E-state index contributed by atoms with van der Waals surface area (Å²) in [5.41, 5.74) is 0. The third-order valence-electron chi connectivity index (χ3n) is 9.07. The van der Waals surface area contributed by atoms with E-state index in [9.17, 15) is 14.4 Å². The molecule has 57 heavy (non-hydrogen) atoms. The number of rotatable bonds is 39. The predicted octanol–water partition coefficient (Wildman–Crippen LogP) is 14.6. The van der Waals surface area contributed by atoms with Gasteiger partial charge in [0.1, 0.15) is 13.2 Å². The molecule has 0 bridgehead atoms. The van der Waals surface area contributed by atoms with Gasteiger partial charge in [0.2, 0.25) is 0 Å². The minimum absolute atomic E-state index is 0.125. The van der Waals surface area contributed by atoms with Gasteiger partial charge in [-0.2, -0.15) is 0 Å². The van der Waals surface area contributed by atoms with Crippen LogP contribution >= 0.6 is 0 Å². The van der Waals surface area contributed by atoms with Crippen LogP contribution < -0.4 is 0 Å². The van der Waals surface area contributed by atoms with Crippen molar-refractivity contribution >= 4 is 17.9 Å². The van der Waals surface area contributed by atoms with E-state index in [1.165, 1.54) is 44.9 Å². The minimum atomic E-state index is -0.826. The molecule has 0 amide bonds. The average Bonchev–Trinajstić information content (AvgIpc) is 3.21. The Morgan fingerprint density at radius 1 is 0.368 bits per heavy atom. The SMILES string of the molecule is CC/C=C\C/C=C\C/C=C\C/C=C\C/C=C\CCC(=O)OCC(COC(=O)CCCC/C=C\C/C=C\CC)OC(=O)CCCCC/C=C\CCCCCCCCC. The number of ether oxygens (including phenoxy) is 3. The first-order valence-electron chi connectivity index (χ1n) is 22.7. The number of allylic oxidation sites excluding steroid dienone is 16.